The largest absolute Gasteiger partial charge is 0.497 e. The van der Waals surface area contributed by atoms with Gasteiger partial charge in [0.05, 0.1) is 13.7 Å². The molecule has 20 nitrogen and oxygen atoms in total. The second-order valence-electron chi connectivity index (χ2n) is 16.9. The van der Waals surface area contributed by atoms with E-state index in [9.17, 15) is 49.2 Å². The first-order chi connectivity index (χ1) is 31.3. The molecule has 3 aromatic carbocycles. The number of hydrogen-bond donors (Lipinski definition) is 7. The average molecular weight is 919 g/mol. The second-order valence-corrected chi connectivity index (χ2v) is 16.9. The number of rotatable bonds is 6. The van der Waals surface area contributed by atoms with Gasteiger partial charge >= 0.3 is 0 Å². The number of aliphatic hydroxyl groups is 4. The first-order valence-corrected chi connectivity index (χ1v) is 21.5. The second kappa shape index (κ2) is 20.9. The highest BCUT2D eigenvalue weighted by Gasteiger charge is 2.45. The lowest BCUT2D eigenvalue weighted by Crippen LogP contribution is -2.61. The highest BCUT2D eigenvalue weighted by atomic mass is 16.7. The molecule has 0 saturated carbocycles. The first-order valence-electron chi connectivity index (χ1n) is 21.5. The number of ether oxygens (including phenoxy) is 4. The fourth-order valence-corrected chi connectivity index (χ4v) is 8.05. The van der Waals surface area contributed by atoms with E-state index in [1.54, 1.807) is 54.6 Å². The maximum Gasteiger partial charge on any atom is 0.246 e. The summed E-state index contributed by atoms with van der Waals surface area (Å²) in [7, 11) is 5.76. The number of fused-ring (bicyclic) bond motifs is 2. The molecular formula is C46H58N6O14. The smallest absolute Gasteiger partial charge is 0.246 e. The molecule has 0 spiro atoms. The van der Waals surface area contributed by atoms with Gasteiger partial charge < -0.3 is 70.0 Å². The summed E-state index contributed by atoms with van der Waals surface area (Å²) in [5.74, 6) is -3.10. The zero-order valence-electron chi connectivity index (χ0n) is 37.7. The normalized spacial score (nSPS) is 29.5. The van der Waals surface area contributed by atoms with Crippen molar-refractivity contribution in [1.29, 1.82) is 0 Å². The van der Waals surface area contributed by atoms with Crippen molar-refractivity contribution in [2.45, 2.75) is 107 Å². The molecule has 7 N–H and O–H groups in total. The van der Waals surface area contributed by atoms with Crippen LogP contribution in [0.15, 0.2) is 66.7 Å². The van der Waals surface area contributed by atoms with Crippen molar-refractivity contribution in [2.75, 3.05) is 34.9 Å². The van der Waals surface area contributed by atoms with E-state index in [0.29, 0.717) is 28.2 Å². The minimum Gasteiger partial charge on any atom is -0.497 e. The number of benzene rings is 3. The van der Waals surface area contributed by atoms with Crippen LogP contribution in [-0.4, -0.2) is 172 Å². The minimum atomic E-state index is -1.73. The molecule has 356 valence electrons. The van der Waals surface area contributed by atoms with Gasteiger partial charge in [-0.1, -0.05) is 30.3 Å². The van der Waals surface area contributed by atoms with Crippen LogP contribution in [0.25, 0.3) is 0 Å². The summed E-state index contributed by atoms with van der Waals surface area (Å²) in [6.45, 7) is 3.63. The van der Waals surface area contributed by atoms with Crippen molar-refractivity contribution in [3.63, 3.8) is 0 Å². The molecule has 20 heteroatoms. The number of hydrogen-bond acceptors (Lipinski definition) is 14. The van der Waals surface area contributed by atoms with Crippen LogP contribution in [0, 0.1) is 0 Å². The van der Waals surface area contributed by atoms with Gasteiger partial charge in [-0.2, -0.15) is 0 Å². The molecule has 0 radical (unpaired) electrons. The van der Waals surface area contributed by atoms with E-state index in [1.807, 2.05) is 0 Å². The number of methoxy groups -OCH3 is 1. The number of nitrogens with zero attached hydrogens (tertiary/aromatic N) is 3. The van der Waals surface area contributed by atoms with E-state index in [2.05, 4.69) is 16.0 Å². The molecule has 2 saturated heterocycles. The van der Waals surface area contributed by atoms with Gasteiger partial charge in [0.15, 0.2) is 11.5 Å². The number of amides is 6. The third kappa shape index (κ3) is 10.9. The standard InChI is InChI=1S/C46H58N6O14/c1-23-40(57)48-24(2)43(60)50(4)31(18-26-8-13-29(63-7)14-9-26)42(59)49-25(3)44(61)52(6)33-19-27-10-15-30(16-11-27)64-35-21-28(20-32(41(58)47-23)51(5)45(33)62)12-17-34(35)65-46-39(56)38(55)37(54)36(22-53)66-46/h8-17,21,23-25,31-33,36-39,46,53-56H,18-20,22H2,1-7H3,(H,47,58)(H,48,57)(H,49,59)/t23-,24+,25+,31+,32?,33+,36-,37-,38+,39-,46-/m1/s1. The number of carbonyl (C=O) groups is 6. The lowest BCUT2D eigenvalue weighted by Gasteiger charge is -2.39. The molecule has 4 aliphatic heterocycles. The molecule has 2 fully saturated rings. The predicted octanol–water partition coefficient (Wildman–Crippen LogP) is -0.984. The lowest BCUT2D eigenvalue weighted by atomic mass is 9.98. The van der Waals surface area contributed by atoms with Crippen molar-refractivity contribution in [2.24, 2.45) is 0 Å². The maximum absolute atomic E-state index is 14.9. The van der Waals surface area contributed by atoms with Crippen molar-refractivity contribution in [3.05, 3.63) is 83.4 Å². The SMILES string of the molecule is COc1ccc(C[C@H]2C(=O)N[C@@H](C)C(=O)N(C)[C@H]3Cc4ccc(cc4)Oc4cc(ccc4O[C@@H]4O[C@H](CO)[C@@H](O)[C@H](O)[C@H]4O)CC(C(=O)N[C@H](C)C(=O)N[C@@H](C)C(=O)N2C)N(C)C3=O)cc1. The molecule has 3 aromatic rings. The van der Waals surface area contributed by atoms with Crippen molar-refractivity contribution >= 4 is 35.4 Å². The Balaban J connectivity index is 1.38. The topological polar surface area (TPSA) is 266 Å². The van der Waals surface area contributed by atoms with Gasteiger partial charge in [-0.15, -0.1) is 0 Å². The molecule has 66 heavy (non-hydrogen) atoms. The van der Waals surface area contributed by atoms with Gasteiger partial charge in [0.1, 0.15) is 72.2 Å². The Hall–Kier alpha value is -6.32. The molecule has 0 aliphatic carbocycles. The van der Waals surface area contributed by atoms with E-state index >= 15 is 0 Å². The van der Waals surface area contributed by atoms with Gasteiger partial charge in [0, 0.05) is 40.4 Å². The van der Waals surface area contributed by atoms with E-state index < -0.39 is 109 Å². The van der Waals surface area contributed by atoms with Crippen LogP contribution in [0.5, 0.6) is 23.0 Å². The third-order valence-electron chi connectivity index (χ3n) is 12.2. The highest BCUT2D eigenvalue weighted by molar-refractivity contribution is 5.98. The van der Waals surface area contributed by atoms with E-state index in [1.165, 1.54) is 75.9 Å². The van der Waals surface area contributed by atoms with Crippen LogP contribution in [0.1, 0.15) is 37.5 Å². The Labute approximate surface area is 381 Å². The van der Waals surface area contributed by atoms with Crippen LogP contribution in [0.3, 0.4) is 0 Å². The molecule has 1 unspecified atom stereocenters. The van der Waals surface area contributed by atoms with Gasteiger partial charge in [-0.3, -0.25) is 28.8 Å². The monoisotopic (exact) mass is 918 g/mol. The molecule has 0 aromatic heterocycles. The average Bonchev–Trinajstić information content (AvgIpc) is 3.30. The van der Waals surface area contributed by atoms with Crippen LogP contribution in [0.2, 0.25) is 0 Å². The molecule has 6 amide bonds. The number of aliphatic hydroxyl groups excluding tert-OH is 4. The van der Waals surface area contributed by atoms with Crippen LogP contribution in [0.4, 0.5) is 0 Å². The lowest BCUT2D eigenvalue weighted by molar-refractivity contribution is -0.277. The van der Waals surface area contributed by atoms with Crippen LogP contribution < -0.4 is 30.2 Å². The Morgan fingerprint density at radius 3 is 1.86 bits per heavy atom. The molecular weight excluding hydrogens is 861 g/mol. The third-order valence-corrected chi connectivity index (χ3v) is 12.2. The Kier molecular flexibility index (Phi) is 15.5. The zero-order chi connectivity index (χ0) is 48.1. The van der Waals surface area contributed by atoms with Crippen molar-refractivity contribution in [3.8, 4) is 23.0 Å². The fourth-order valence-electron chi connectivity index (χ4n) is 8.05. The summed E-state index contributed by atoms with van der Waals surface area (Å²) >= 11 is 0. The Morgan fingerprint density at radius 1 is 0.652 bits per heavy atom. The maximum atomic E-state index is 14.9. The number of carbonyl (C=O) groups excluding carboxylic acids is 6. The summed E-state index contributed by atoms with van der Waals surface area (Å²) < 4.78 is 23.1. The van der Waals surface area contributed by atoms with Gasteiger partial charge in [-0.25, -0.2) is 0 Å². The van der Waals surface area contributed by atoms with E-state index in [-0.39, 0.29) is 30.8 Å². The summed E-state index contributed by atoms with van der Waals surface area (Å²) in [5, 5.41) is 49.2. The molecule has 4 heterocycles. The fraction of sp³-hybridized carbons (Fsp3) is 0.478. The van der Waals surface area contributed by atoms with Gasteiger partial charge in [0.25, 0.3) is 0 Å². The minimum absolute atomic E-state index is 0.00547. The van der Waals surface area contributed by atoms with Crippen LogP contribution in [-0.2, 0) is 52.8 Å². The molecule has 11 atom stereocenters. The summed E-state index contributed by atoms with van der Waals surface area (Å²) in [6.07, 6.45) is -8.08. The van der Waals surface area contributed by atoms with Crippen molar-refractivity contribution in [1.82, 2.24) is 30.7 Å². The molecule has 7 rings (SSSR count). The van der Waals surface area contributed by atoms with Crippen LogP contribution >= 0.6 is 0 Å². The van der Waals surface area contributed by atoms with Gasteiger partial charge in [0.2, 0.25) is 41.7 Å². The summed E-state index contributed by atoms with van der Waals surface area (Å²) in [6, 6.07) is 10.7. The summed E-state index contributed by atoms with van der Waals surface area (Å²) in [5.41, 5.74) is 1.67. The Morgan fingerprint density at radius 2 is 1.23 bits per heavy atom. The quantitative estimate of drug-likeness (QED) is 0.157. The number of likely N-dealkylation sites (N-methyl/N-ethyl adjacent to an activating group) is 3. The molecule has 6 bridgehead atoms. The van der Waals surface area contributed by atoms with Crippen molar-refractivity contribution < 1.29 is 68.1 Å². The van der Waals surface area contributed by atoms with Gasteiger partial charge in [-0.05, 0) is 73.9 Å². The number of nitrogens with one attached hydrogen (secondary N) is 3. The molecule has 4 aliphatic rings. The highest BCUT2D eigenvalue weighted by Crippen LogP contribution is 2.36. The summed E-state index contributed by atoms with van der Waals surface area (Å²) in [4.78, 5) is 89.0. The van der Waals surface area contributed by atoms with E-state index in [4.69, 9.17) is 18.9 Å². The van der Waals surface area contributed by atoms with E-state index in [0.717, 1.165) is 0 Å². The first kappa shape index (κ1) is 49.1. The zero-order valence-corrected chi connectivity index (χ0v) is 37.7. The predicted molar refractivity (Wildman–Crippen MR) is 234 cm³/mol. The Bertz CT molecular complexity index is 2260.